The molecular weight excluding hydrogens is 284 g/mol. The molecule has 2 amide bonds. The summed E-state index contributed by atoms with van der Waals surface area (Å²) in [4.78, 5) is 24.7. The molecule has 3 atom stereocenters. The monoisotopic (exact) mass is 304 g/mol. The summed E-state index contributed by atoms with van der Waals surface area (Å²) in [6.45, 7) is 1.86. The van der Waals surface area contributed by atoms with Crippen molar-refractivity contribution in [1.82, 2.24) is 10.2 Å². The van der Waals surface area contributed by atoms with Crippen molar-refractivity contribution in [3.63, 3.8) is 0 Å². The highest BCUT2D eigenvalue weighted by atomic mass is 32.2. The van der Waals surface area contributed by atoms with E-state index in [1.807, 2.05) is 0 Å². The Balaban J connectivity index is 1.97. The average molecular weight is 304 g/mol. The van der Waals surface area contributed by atoms with Gasteiger partial charge >= 0.3 is 12.0 Å². The molecule has 2 aliphatic rings. The largest absolute Gasteiger partial charge is 0.481 e. The predicted octanol–water partition coefficient (Wildman–Crippen LogP) is 0.0682. The van der Waals surface area contributed by atoms with Gasteiger partial charge in [0.15, 0.2) is 9.84 Å². The molecule has 1 aliphatic carbocycles. The van der Waals surface area contributed by atoms with Gasteiger partial charge in [0.2, 0.25) is 0 Å². The predicted molar refractivity (Wildman–Crippen MR) is 72.1 cm³/mol. The van der Waals surface area contributed by atoms with Gasteiger partial charge in [-0.1, -0.05) is 6.42 Å². The first-order chi connectivity index (χ1) is 9.30. The van der Waals surface area contributed by atoms with E-state index in [2.05, 4.69) is 5.32 Å². The number of hydrogen-bond acceptors (Lipinski definition) is 4. The molecule has 2 fully saturated rings. The van der Waals surface area contributed by atoms with Crippen LogP contribution in [0.25, 0.3) is 0 Å². The number of carboxylic acids is 1. The highest BCUT2D eigenvalue weighted by Crippen LogP contribution is 2.26. The molecule has 0 spiro atoms. The summed E-state index contributed by atoms with van der Waals surface area (Å²) in [5.41, 5.74) is 0. The summed E-state index contributed by atoms with van der Waals surface area (Å²) >= 11 is 0. The number of carbonyl (C=O) groups excluding carboxylic acids is 1. The Bertz CT molecular complexity index is 504. The van der Waals surface area contributed by atoms with E-state index in [0.717, 1.165) is 6.42 Å². The summed E-state index contributed by atoms with van der Waals surface area (Å²) < 4.78 is 23.0. The van der Waals surface area contributed by atoms with Crippen LogP contribution in [0, 0.1) is 5.92 Å². The molecule has 7 nitrogen and oxygen atoms in total. The number of aliphatic carboxylic acids is 1. The number of hydrogen-bond donors (Lipinski definition) is 2. The summed E-state index contributed by atoms with van der Waals surface area (Å²) in [6, 6.07) is -1.09. The fraction of sp³-hybridized carbons (Fsp3) is 0.833. The number of carbonyl (C=O) groups is 2. The van der Waals surface area contributed by atoms with E-state index in [4.69, 9.17) is 5.11 Å². The van der Waals surface area contributed by atoms with E-state index in [-0.39, 0.29) is 36.2 Å². The van der Waals surface area contributed by atoms with Gasteiger partial charge in [-0.3, -0.25) is 4.79 Å². The maximum absolute atomic E-state index is 12.2. The van der Waals surface area contributed by atoms with Crippen molar-refractivity contribution in [2.24, 2.45) is 5.92 Å². The van der Waals surface area contributed by atoms with Crippen molar-refractivity contribution in [2.75, 3.05) is 18.1 Å². The standard InChI is InChI=1S/C12H20N2O5S/c1-8-7-20(18,19)6-5-14(8)12(17)13-10-4-2-3-9(10)11(15)16/h8-10H,2-7H2,1H3,(H,13,17)(H,15,16). The third-order valence-corrected chi connectivity index (χ3v) is 5.87. The van der Waals surface area contributed by atoms with Gasteiger partial charge in [0.25, 0.3) is 0 Å². The van der Waals surface area contributed by atoms with Crippen LogP contribution >= 0.6 is 0 Å². The number of nitrogens with zero attached hydrogens (tertiary/aromatic N) is 1. The van der Waals surface area contributed by atoms with E-state index in [0.29, 0.717) is 12.8 Å². The van der Waals surface area contributed by atoms with Crippen molar-refractivity contribution in [3.8, 4) is 0 Å². The van der Waals surface area contributed by atoms with Crippen molar-refractivity contribution in [3.05, 3.63) is 0 Å². The maximum Gasteiger partial charge on any atom is 0.317 e. The fourth-order valence-electron chi connectivity index (χ4n) is 2.97. The van der Waals surface area contributed by atoms with Gasteiger partial charge in [0, 0.05) is 18.6 Å². The molecule has 0 aromatic heterocycles. The second-order valence-electron chi connectivity index (χ2n) is 5.59. The molecule has 0 aromatic rings. The molecule has 20 heavy (non-hydrogen) atoms. The fourth-order valence-corrected chi connectivity index (χ4v) is 4.53. The lowest BCUT2D eigenvalue weighted by Crippen LogP contribution is -2.55. The molecule has 0 radical (unpaired) electrons. The first kappa shape index (κ1) is 15.1. The van der Waals surface area contributed by atoms with Gasteiger partial charge in [-0.05, 0) is 19.8 Å². The Morgan fingerprint density at radius 2 is 2.00 bits per heavy atom. The minimum atomic E-state index is -3.07. The molecule has 2 N–H and O–H groups in total. The molecule has 1 saturated heterocycles. The average Bonchev–Trinajstić information content (AvgIpc) is 2.75. The van der Waals surface area contributed by atoms with E-state index in [9.17, 15) is 18.0 Å². The second kappa shape index (κ2) is 5.59. The summed E-state index contributed by atoms with van der Waals surface area (Å²) in [5, 5.41) is 11.8. The van der Waals surface area contributed by atoms with Crippen molar-refractivity contribution in [1.29, 1.82) is 0 Å². The van der Waals surface area contributed by atoms with Gasteiger partial charge in [-0.15, -0.1) is 0 Å². The zero-order chi connectivity index (χ0) is 14.9. The maximum atomic E-state index is 12.2. The Hall–Kier alpha value is -1.31. The van der Waals surface area contributed by atoms with Gasteiger partial charge in [0.1, 0.15) is 0 Å². The number of amides is 2. The molecule has 1 aliphatic heterocycles. The van der Waals surface area contributed by atoms with Crippen LogP contribution in [-0.2, 0) is 14.6 Å². The van der Waals surface area contributed by atoms with Crippen molar-refractivity contribution >= 4 is 21.8 Å². The van der Waals surface area contributed by atoms with E-state index in [1.54, 1.807) is 6.92 Å². The Labute approximate surface area is 118 Å². The highest BCUT2D eigenvalue weighted by molar-refractivity contribution is 7.91. The molecule has 8 heteroatoms. The lowest BCUT2D eigenvalue weighted by molar-refractivity contribution is -0.142. The van der Waals surface area contributed by atoms with Gasteiger partial charge in [-0.2, -0.15) is 0 Å². The quantitative estimate of drug-likeness (QED) is 0.751. The van der Waals surface area contributed by atoms with Crippen molar-refractivity contribution in [2.45, 2.75) is 38.3 Å². The lowest BCUT2D eigenvalue weighted by atomic mass is 10.0. The van der Waals surface area contributed by atoms with E-state index >= 15 is 0 Å². The molecule has 114 valence electrons. The van der Waals surface area contributed by atoms with Crippen LogP contribution in [-0.4, -0.2) is 60.6 Å². The molecule has 1 saturated carbocycles. The smallest absolute Gasteiger partial charge is 0.317 e. The topological polar surface area (TPSA) is 104 Å². The zero-order valence-corrected chi connectivity index (χ0v) is 12.2. The third-order valence-electron chi connectivity index (χ3n) is 4.07. The van der Waals surface area contributed by atoms with Gasteiger partial charge < -0.3 is 15.3 Å². The first-order valence-corrected chi connectivity index (χ1v) is 8.62. The molecule has 2 rings (SSSR count). The Kier molecular flexibility index (Phi) is 4.22. The zero-order valence-electron chi connectivity index (χ0n) is 11.4. The minimum Gasteiger partial charge on any atom is -0.481 e. The highest BCUT2D eigenvalue weighted by Gasteiger charge is 2.37. The van der Waals surface area contributed by atoms with Gasteiger partial charge in [0.05, 0.1) is 17.4 Å². The molecule has 0 aromatic carbocycles. The van der Waals surface area contributed by atoms with E-state index < -0.39 is 21.7 Å². The first-order valence-electron chi connectivity index (χ1n) is 6.80. The van der Waals surface area contributed by atoms with Crippen LogP contribution in [0.4, 0.5) is 4.79 Å². The van der Waals surface area contributed by atoms with E-state index in [1.165, 1.54) is 4.90 Å². The van der Waals surface area contributed by atoms with Crippen LogP contribution in [0.15, 0.2) is 0 Å². The summed E-state index contributed by atoms with van der Waals surface area (Å²) in [6.07, 6.45) is 2.01. The number of rotatable bonds is 2. The Morgan fingerprint density at radius 1 is 1.30 bits per heavy atom. The molecular formula is C12H20N2O5S. The number of urea groups is 1. The number of sulfone groups is 1. The van der Waals surface area contributed by atoms with Crippen LogP contribution < -0.4 is 5.32 Å². The van der Waals surface area contributed by atoms with Gasteiger partial charge in [-0.25, -0.2) is 13.2 Å². The Morgan fingerprint density at radius 3 is 2.60 bits per heavy atom. The van der Waals surface area contributed by atoms with Crippen LogP contribution in [0.1, 0.15) is 26.2 Å². The molecule has 3 unspecified atom stereocenters. The van der Waals surface area contributed by atoms with Crippen LogP contribution in [0.2, 0.25) is 0 Å². The SMILES string of the molecule is CC1CS(=O)(=O)CCN1C(=O)NC1CCCC1C(=O)O. The minimum absolute atomic E-state index is 0.0300. The number of nitrogens with one attached hydrogen (secondary N) is 1. The van der Waals surface area contributed by atoms with Crippen molar-refractivity contribution < 1.29 is 23.1 Å². The van der Waals surface area contributed by atoms with Crippen LogP contribution in [0.3, 0.4) is 0 Å². The van der Waals surface area contributed by atoms with Crippen LogP contribution in [0.5, 0.6) is 0 Å². The molecule has 1 heterocycles. The normalized spacial score (nSPS) is 32.9. The summed E-state index contributed by atoms with van der Waals surface area (Å²) in [5.74, 6) is -1.49. The molecule has 0 bridgehead atoms. The number of carboxylic acid groups (broad SMARTS) is 1. The lowest BCUT2D eigenvalue weighted by Gasteiger charge is -2.34. The summed E-state index contributed by atoms with van der Waals surface area (Å²) in [7, 11) is -3.07. The second-order valence-corrected chi connectivity index (χ2v) is 7.82. The third kappa shape index (κ3) is 3.23.